The highest BCUT2D eigenvalue weighted by Crippen LogP contribution is 2.16. The molecular formula is C13H21N3O7S2. The second-order valence-corrected chi connectivity index (χ2v) is 8.79. The topological polar surface area (TPSA) is 125 Å². The van der Waals surface area contributed by atoms with E-state index in [2.05, 4.69) is 0 Å². The Labute approximate surface area is 150 Å². The summed E-state index contributed by atoms with van der Waals surface area (Å²) < 4.78 is 29.7. The van der Waals surface area contributed by atoms with E-state index in [0.717, 1.165) is 10.6 Å². The molecule has 0 unspecified atom stereocenters. The third-order valence-electron chi connectivity index (χ3n) is 3.83. The van der Waals surface area contributed by atoms with Gasteiger partial charge in [-0.25, -0.2) is 8.42 Å². The fraction of sp³-hybridized carbons (Fsp3) is 0.769. The van der Waals surface area contributed by atoms with Gasteiger partial charge >= 0.3 is 5.97 Å². The van der Waals surface area contributed by atoms with Crippen molar-refractivity contribution in [3.05, 3.63) is 0 Å². The predicted octanol–water partition coefficient (Wildman–Crippen LogP) is -1.91. The van der Waals surface area contributed by atoms with Crippen LogP contribution in [-0.4, -0.2) is 109 Å². The van der Waals surface area contributed by atoms with Crippen LogP contribution in [0.15, 0.2) is 0 Å². The Morgan fingerprint density at radius 1 is 1.44 bits per heavy atom. The highest BCUT2D eigenvalue weighted by atomic mass is 32.2. The van der Waals surface area contributed by atoms with Crippen LogP contribution in [0, 0.1) is 0 Å². The van der Waals surface area contributed by atoms with Crippen LogP contribution in [0.1, 0.15) is 0 Å². The second-order valence-electron chi connectivity index (χ2n) is 5.85. The van der Waals surface area contributed by atoms with Crippen LogP contribution in [-0.2, 0) is 29.1 Å². The number of carboxylic acids is 1. The molecule has 0 aromatic carbocycles. The van der Waals surface area contributed by atoms with Crippen LogP contribution in [0.3, 0.4) is 0 Å². The Hall–Kier alpha value is -1.37. The molecule has 2 saturated heterocycles. The second kappa shape index (κ2) is 8.34. The van der Waals surface area contributed by atoms with E-state index in [0.29, 0.717) is 18.2 Å². The molecule has 0 radical (unpaired) electrons. The van der Waals surface area contributed by atoms with E-state index in [-0.39, 0.29) is 38.1 Å². The molecule has 2 amide bonds. The third kappa shape index (κ3) is 5.83. The highest BCUT2D eigenvalue weighted by molar-refractivity contribution is 8.00. The van der Waals surface area contributed by atoms with Gasteiger partial charge in [-0.15, -0.1) is 11.8 Å². The first-order chi connectivity index (χ1) is 11.7. The highest BCUT2D eigenvalue weighted by Gasteiger charge is 2.31. The lowest BCUT2D eigenvalue weighted by atomic mass is 10.2. The van der Waals surface area contributed by atoms with Crippen molar-refractivity contribution < 1.29 is 32.6 Å². The van der Waals surface area contributed by atoms with Crippen molar-refractivity contribution in [2.75, 3.05) is 57.2 Å². The monoisotopic (exact) mass is 395 g/mol. The minimum Gasteiger partial charge on any atom is -0.480 e. The lowest BCUT2D eigenvalue weighted by molar-refractivity contribution is -0.144. The maximum absolute atomic E-state index is 12.3. The lowest BCUT2D eigenvalue weighted by Gasteiger charge is -2.35. The van der Waals surface area contributed by atoms with Crippen molar-refractivity contribution in [3.8, 4) is 0 Å². The van der Waals surface area contributed by atoms with Crippen molar-refractivity contribution in [3.63, 3.8) is 0 Å². The van der Waals surface area contributed by atoms with Gasteiger partial charge < -0.3 is 19.6 Å². The molecule has 142 valence electrons. The van der Waals surface area contributed by atoms with Gasteiger partial charge in [0.25, 0.3) is 0 Å². The Bertz CT molecular complexity index is 640. The number of sulfonamides is 1. The summed E-state index contributed by atoms with van der Waals surface area (Å²) in [6.07, 6.45) is 0.314. The average Bonchev–Trinajstić information content (AvgIpc) is 2.91. The van der Waals surface area contributed by atoms with E-state index < -0.39 is 28.6 Å². The Morgan fingerprint density at radius 3 is 2.72 bits per heavy atom. The molecule has 2 fully saturated rings. The molecule has 12 heteroatoms. The molecule has 2 heterocycles. The molecular weight excluding hydrogens is 374 g/mol. The quantitative estimate of drug-likeness (QED) is 0.530. The molecule has 1 atom stereocenters. The summed E-state index contributed by atoms with van der Waals surface area (Å²) in [7, 11) is -3.71. The molecule has 25 heavy (non-hydrogen) atoms. The van der Waals surface area contributed by atoms with E-state index in [1.165, 1.54) is 21.6 Å². The summed E-state index contributed by atoms with van der Waals surface area (Å²) in [6.45, 7) is -0.0885. The molecule has 0 aliphatic carbocycles. The van der Waals surface area contributed by atoms with Gasteiger partial charge in [0.1, 0.15) is 13.1 Å². The zero-order chi connectivity index (χ0) is 18.6. The van der Waals surface area contributed by atoms with Crippen LogP contribution in [0.5, 0.6) is 0 Å². The minimum atomic E-state index is -3.71. The molecule has 0 aromatic heterocycles. The van der Waals surface area contributed by atoms with E-state index in [9.17, 15) is 22.8 Å². The number of aliphatic carboxylic acids is 1. The number of thioether (sulfide) groups is 1. The summed E-state index contributed by atoms with van der Waals surface area (Å²) in [5.41, 5.74) is 0. The van der Waals surface area contributed by atoms with Crippen molar-refractivity contribution in [1.82, 2.24) is 14.1 Å². The summed E-state index contributed by atoms with van der Waals surface area (Å²) >= 11 is 1.45. The molecule has 2 aliphatic rings. The molecule has 0 spiro atoms. The van der Waals surface area contributed by atoms with Gasteiger partial charge in [-0.1, -0.05) is 0 Å². The summed E-state index contributed by atoms with van der Waals surface area (Å²) in [6, 6.07) is 0. The van der Waals surface area contributed by atoms with Gasteiger partial charge in [0.2, 0.25) is 21.8 Å². The smallest absolute Gasteiger partial charge is 0.318 e. The molecule has 1 N–H and O–H groups in total. The van der Waals surface area contributed by atoms with Crippen LogP contribution in [0.25, 0.3) is 0 Å². The molecule has 0 saturated carbocycles. The standard InChI is InChI=1S/C13H21N3O7S2/c1-25(21,22)16(7-13(19)20)5-10-4-14(2-3-23-10)11(17)6-15-9-24-8-12(15)18/h10H,2-9H2,1H3,(H,19,20)/t10-/m0/s1. The molecule has 2 rings (SSSR count). The number of morpholine rings is 1. The molecule has 10 nitrogen and oxygen atoms in total. The van der Waals surface area contributed by atoms with Gasteiger partial charge in [0.05, 0.1) is 30.6 Å². The van der Waals surface area contributed by atoms with Gasteiger partial charge in [-0.2, -0.15) is 4.31 Å². The largest absolute Gasteiger partial charge is 0.480 e. The van der Waals surface area contributed by atoms with Gasteiger partial charge in [-0.05, 0) is 0 Å². The first kappa shape index (κ1) is 19.9. The zero-order valence-corrected chi connectivity index (χ0v) is 15.4. The number of hydrogen-bond donors (Lipinski definition) is 1. The van der Waals surface area contributed by atoms with E-state index >= 15 is 0 Å². The van der Waals surface area contributed by atoms with Crippen molar-refractivity contribution in [1.29, 1.82) is 0 Å². The Morgan fingerprint density at radius 2 is 2.16 bits per heavy atom. The fourth-order valence-electron chi connectivity index (χ4n) is 2.56. The third-order valence-corrected chi connectivity index (χ3v) is 5.99. The number of carbonyl (C=O) groups excluding carboxylic acids is 2. The predicted molar refractivity (Wildman–Crippen MR) is 89.4 cm³/mol. The summed E-state index contributed by atoms with van der Waals surface area (Å²) in [4.78, 5) is 37.8. The number of nitrogens with zero attached hydrogens (tertiary/aromatic N) is 3. The average molecular weight is 395 g/mol. The minimum absolute atomic E-state index is 0.0104. The normalized spacial score (nSPS) is 21.8. The van der Waals surface area contributed by atoms with Crippen molar-refractivity contribution in [2.24, 2.45) is 0 Å². The first-order valence-corrected chi connectivity index (χ1v) is 10.6. The van der Waals surface area contributed by atoms with Crippen molar-refractivity contribution >= 4 is 39.6 Å². The Kier molecular flexibility index (Phi) is 6.65. The maximum atomic E-state index is 12.3. The van der Waals surface area contributed by atoms with Gasteiger partial charge in [0.15, 0.2) is 0 Å². The maximum Gasteiger partial charge on any atom is 0.318 e. The van der Waals surface area contributed by atoms with Crippen LogP contribution < -0.4 is 0 Å². The van der Waals surface area contributed by atoms with E-state index in [1.54, 1.807) is 0 Å². The summed E-state index contributed by atoms with van der Waals surface area (Å²) in [5.74, 6) is -0.712. The van der Waals surface area contributed by atoms with Crippen molar-refractivity contribution in [2.45, 2.75) is 6.10 Å². The number of carboxylic acid groups (broad SMARTS) is 1. The SMILES string of the molecule is CS(=O)(=O)N(CC(=O)O)C[C@@H]1CN(C(=O)CN2CSCC2=O)CCO1. The number of ether oxygens (including phenoxy) is 1. The Balaban J connectivity index is 1.93. The number of amides is 2. The van der Waals surface area contributed by atoms with Crippen LogP contribution in [0.4, 0.5) is 0 Å². The number of carbonyl (C=O) groups is 3. The first-order valence-electron chi connectivity index (χ1n) is 7.58. The summed E-state index contributed by atoms with van der Waals surface area (Å²) in [5, 5.41) is 8.85. The molecule has 0 aromatic rings. The number of hydrogen-bond acceptors (Lipinski definition) is 7. The number of rotatable bonds is 7. The van der Waals surface area contributed by atoms with Crippen LogP contribution in [0.2, 0.25) is 0 Å². The molecule has 0 bridgehead atoms. The van der Waals surface area contributed by atoms with E-state index in [4.69, 9.17) is 9.84 Å². The van der Waals surface area contributed by atoms with Crippen LogP contribution >= 0.6 is 11.8 Å². The molecule has 2 aliphatic heterocycles. The lowest BCUT2D eigenvalue weighted by Crippen LogP contribution is -2.53. The fourth-order valence-corrected chi connectivity index (χ4v) is 4.24. The van der Waals surface area contributed by atoms with E-state index in [1.807, 2.05) is 0 Å². The van der Waals surface area contributed by atoms with Gasteiger partial charge in [0, 0.05) is 19.6 Å². The zero-order valence-electron chi connectivity index (χ0n) is 13.8. The van der Waals surface area contributed by atoms with Gasteiger partial charge in [-0.3, -0.25) is 14.4 Å².